The average Bonchev–Trinajstić information content (AvgIpc) is 3.07. The van der Waals surface area contributed by atoms with Crippen LogP contribution >= 0.6 is 0 Å². The van der Waals surface area contributed by atoms with Gasteiger partial charge in [0.1, 0.15) is 5.75 Å². The summed E-state index contributed by atoms with van der Waals surface area (Å²) in [5, 5.41) is 0. The zero-order chi connectivity index (χ0) is 15.4. The van der Waals surface area contributed by atoms with Crippen LogP contribution < -0.4 is 4.74 Å². The van der Waals surface area contributed by atoms with Gasteiger partial charge in [0.2, 0.25) is 0 Å². The number of benzene rings is 1. The van der Waals surface area contributed by atoms with Gasteiger partial charge in [-0.25, -0.2) is 9.78 Å². The molecule has 1 aliphatic rings. The van der Waals surface area contributed by atoms with Crippen LogP contribution in [0.15, 0.2) is 36.9 Å². The van der Waals surface area contributed by atoms with Crippen molar-refractivity contribution in [2.45, 2.75) is 19.8 Å². The summed E-state index contributed by atoms with van der Waals surface area (Å²) in [6.45, 7) is 2.08. The molecule has 0 N–H and O–H groups in total. The number of aromatic nitrogens is 2. The van der Waals surface area contributed by atoms with Crippen LogP contribution in [0.2, 0.25) is 0 Å². The molecule has 0 unspecified atom stereocenters. The Morgan fingerprint density at radius 3 is 3.05 bits per heavy atom. The monoisotopic (exact) mass is 298 g/mol. The molecule has 5 heteroatoms. The zero-order valence-electron chi connectivity index (χ0n) is 12.5. The first kappa shape index (κ1) is 14.4. The van der Waals surface area contributed by atoms with Crippen LogP contribution in [0.25, 0.3) is 11.8 Å². The fourth-order valence-corrected chi connectivity index (χ4v) is 2.52. The van der Waals surface area contributed by atoms with Gasteiger partial charge >= 0.3 is 5.97 Å². The topological polar surface area (TPSA) is 53.4 Å². The van der Waals surface area contributed by atoms with E-state index in [4.69, 9.17) is 9.47 Å². The molecule has 1 aromatic carbocycles. The Bertz CT molecular complexity index is 690. The summed E-state index contributed by atoms with van der Waals surface area (Å²) in [6.07, 6.45) is 9.62. The normalized spacial score (nSPS) is 13.2. The smallest absolute Gasteiger partial charge is 0.344 e. The summed E-state index contributed by atoms with van der Waals surface area (Å²) >= 11 is 0. The maximum absolute atomic E-state index is 11.3. The van der Waals surface area contributed by atoms with Crippen LogP contribution in [-0.2, 0) is 16.0 Å². The Morgan fingerprint density at radius 2 is 2.27 bits per heavy atom. The summed E-state index contributed by atoms with van der Waals surface area (Å²) < 4.78 is 12.4. The Morgan fingerprint density at radius 1 is 1.36 bits per heavy atom. The quantitative estimate of drug-likeness (QED) is 0.797. The van der Waals surface area contributed by atoms with Crippen molar-refractivity contribution in [1.82, 2.24) is 9.55 Å². The number of hydrogen-bond donors (Lipinski definition) is 0. The minimum absolute atomic E-state index is 0.0648. The van der Waals surface area contributed by atoms with Crippen molar-refractivity contribution in [3.8, 4) is 5.75 Å². The summed E-state index contributed by atoms with van der Waals surface area (Å²) in [7, 11) is 0. The van der Waals surface area contributed by atoms with E-state index >= 15 is 0 Å². The van der Waals surface area contributed by atoms with Crippen molar-refractivity contribution >= 4 is 17.7 Å². The molecule has 22 heavy (non-hydrogen) atoms. The fraction of sp³-hybridized carbons (Fsp3) is 0.294. The molecule has 0 bridgehead atoms. The predicted molar refractivity (Wildman–Crippen MR) is 83.3 cm³/mol. The highest BCUT2D eigenvalue weighted by Gasteiger charge is 2.13. The van der Waals surface area contributed by atoms with Crippen LogP contribution in [0.5, 0.6) is 5.75 Å². The number of fused-ring (bicyclic) bond motifs is 1. The van der Waals surface area contributed by atoms with Gasteiger partial charge < -0.3 is 14.0 Å². The maximum atomic E-state index is 11.3. The number of allylic oxidation sites excluding steroid dienone is 1. The van der Waals surface area contributed by atoms with E-state index in [0.717, 1.165) is 18.4 Å². The van der Waals surface area contributed by atoms with Gasteiger partial charge in [0, 0.05) is 18.1 Å². The van der Waals surface area contributed by atoms with Crippen molar-refractivity contribution < 1.29 is 14.3 Å². The number of hydrogen-bond acceptors (Lipinski definition) is 4. The van der Waals surface area contributed by atoms with Crippen molar-refractivity contribution in [3.05, 3.63) is 48.0 Å². The lowest BCUT2D eigenvalue weighted by atomic mass is 9.95. The van der Waals surface area contributed by atoms with Crippen molar-refractivity contribution in [2.24, 2.45) is 0 Å². The minimum atomic E-state index is -0.352. The summed E-state index contributed by atoms with van der Waals surface area (Å²) in [6, 6.07) is 5.91. The van der Waals surface area contributed by atoms with Crippen LogP contribution in [0.1, 0.15) is 24.5 Å². The van der Waals surface area contributed by atoms with Gasteiger partial charge in [0.15, 0.2) is 6.61 Å². The Kier molecular flexibility index (Phi) is 4.23. The average molecular weight is 298 g/mol. The molecule has 1 aromatic heterocycles. The molecule has 1 heterocycles. The fourth-order valence-electron chi connectivity index (χ4n) is 2.52. The number of ether oxygens (including phenoxy) is 2. The van der Waals surface area contributed by atoms with Crippen LogP contribution in [-0.4, -0.2) is 28.7 Å². The van der Waals surface area contributed by atoms with Crippen LogP contribution in [0.3, 0.4) is 0 Å². The Balaban J connectivity index is 1.76. The number of esters is 1. The van der Waals surface area contributed by atoms with E-state index < -0.39 is 0 Å². The number of carbonyl (C=O) groups excluding carboxylic acids is 1. The highest BCUT2D eigenvalue weighted by molar-refractivity contribution is 5.76. The van der Waals surface area contributed by atoms with Gasteiger partial charge in [-0.15, -0.1) is 0 Å². The molecule has 0 fully saturated rings. The van der Waals surface area contributed by atoms with Gasteiger partial charge in [-0.1, -0.05) is 6.07 Å². The summed E-state index contributed by atoms with van der Waals surface area (Å²) in [5.74, 6) is 0.324. The lowest BCUT2D eigenvalue weighted by molar-refractivity contribution is -0.145. The lowest BCUT2D eigenvalue weighted by Crippen LogP contribution is -2.14. The van der Waals surface area contributed by atoms with Crippen LogP contribution in [0, 0.1) is 0 Å². The molecular weight excluding hydrogens is 280 g/mol. The first-order chi connectivity index (χ1) is 10.8. The van der Waals surface area contributed by atoms with Gasteiger partial charge in [0.05, 0.1) is 12.9 Å². The largest absolute Gasteiger partial charge is 0.482 e. The predicted octanol–water partition coefficient (Wildman–Crippen LogP) is 2.77. The maximum Gasteiger partial charge on any atom is 0.344 e. The van der Waals surface area contributed by atoms with E-state index in [9.17, 15) is 4.79 Å². The molecule has 0 spiro atoms. The van der Waals surface area contributed by atoms with E-state index in [1.54, 1.807) is 19.4 Å². The second-order valence-corrected chi connectivity index (χ2v) is 5.06. The molecule has 2 aromatic rings. The number of nitrogens with zero attached hydrogens (tertiary/aromatic N) is 2. The molecule has 5 nitrogen and oxygen atoms in total. The highest BCUT2D eigenvalue weighted by atomic mass is 16.6. The minimum Gasteiger partial charge on any atom is -0.482 e. The standard InChI is InChI=1S/C17H18N2O3/c1-2-21-17(20)11-22-16-6-4-13-3-5-15(9-14(13)10-16)19-8-7-18-12-19/h4,6-10,12H,2-3,5,11H2,1H3. The van der Waals surface area contributed by atoms with E-state index in [2.05, 4.69) is 17.1 Å². The molecule has 0 atom stereocenters. The third-order valence-corrected chi connectivity index (χ3v) is 3.59. The SMILES string of the molecule is CCOC(=O)COc1ccc2c(c1)C=C(n1ccnc1)CC2. The van der Waals surface area contributed by atoms with Crippen molar-refractivity contribution in [1.29, 1.82) is 0 Å². The third kappa shape index (κ3) is 3.19. The summed E-state index contributed by atoms with van der Waals surface area (Å²) in [4.78, 5) is 15.4. The van der Waals surface area contributed by atoms with E-state index in [1.807, 2.05) is 22.9 Å². The zero-order valence-corrected chi connectivity index (χ0v) is 12.5. The molecule has 0 radical (unpaired) electrons. The molecular formula is C17H18N2O3. The number of imidazole rings is 1. The van der Waals surface area contributed by atoms with Gasteiger partial charge in [-0.2, -0.15) is 0 Å². The Hall–Kier alpha value is -2.56. The molecule has 3 rings (SSSR count). The van der Waals surface area contributed by atoms with Gasteiger partial charge in [-0.05, 0) is 49.1 Å². The van der Waals surface area contributed by atoms with E-state index in [1.165, 1.54) is 11.3 Å². The summed E-state index contributed by atoms with van der Waals surface area (Å²) in [5.41, 5.74) is 3.61. The van der Waals surface area contributed by atoms with Crippen molar-refractivity contribution in [3.63, 3.8) is 0 Å². The van der Waals surface area contributed by atoms with Gasteiger partial charge in [0.25, 0.3) is 0 Å². The molecule has 114 valence electrons. The third-order valence-electron chi connectivity index (χ3n) is 3.59. The second kappa shape index (κ2) is 6.47. The molecule has 0 saturated heterocycles. The number of carbonyl (C=O) groups is 1. The van der Waals surface area contributed by atoms with Crippen molar-refractivity contribution in [2.75, 3.05) is 13.2 Å². The van der Waals surface area contributed by atoms with Gasteiger partial charge in [-0.3, -0.25) is 0 Å². The number of rotatable bonds is 5. The highest BCUT2D eigenvalue weighted by Crippen LogP contribution is 2.29. The van der Waals surface area contributed by atoms with E-state index in [0.29, 0.717) is 12.4 Å². The first-order valence-corrected chi connectivity index (χ1v) is 7.36. The van der Waals surface area contributed by atoms with E-state index in [-0.39, 0.29) is 12.6 Å². The lowest BCUT2D eigenvalue weighted by Gasteiger charge is -2.18. The molecule has 1 aliphatic carbocycles. The Labute approximate surface area is 129 Å². The molecule has 0 aliphatic heterocycles. The molecule has 0 saturated carbocycles. The first-order valence-electron chi connectivity index (χ1n) is 7.36. The second-order valence-electron chi connectivity index (χ2n) is 5.06. The molecule has 0 amide bonds. The number of aryl methyl sites for hydroxylation is 1. The van der Waals surface area contributed by atoms with Crippen LogP contribution in [0.4, 0.5) is 0 Å².